The number of carbonyl (C=O) groups is 2. The largest absolute Gasteiger partial charge is 0.381 e. The van der Waals surface area contributed by atoms with Crippen LogP contribution in [0.25, 0.3) is 0 Å². The number of hydrazone groups is 1. The van der Waals surface area contributed by atoms with Gasteiger partial charge in [0.1, 0.15) is 0 Å². The normalized spacial score (nSPS) is 22.5. The van der Waals surface area contributed by atoms with Crippen molar-refractivity contribution in [2.75, 3.05) is 19.3 Å². The van der Waals surface area contributed by atoms with Crippen LogP contribution in [0.4, 0.5) is 0 Å². The van der Waals surface area contributed by atoms with Crippen LogP contribution < -0.4 is 10.7 Å². The molecule has 1 aliphatic carbocycles. The number of aliphatic hydroxyl groups is 1. The molecular formula is C18H32N4O3S. The molecule has 3 N–H and O–H groups in total. The van der Waals surface area contributed by atoms with E-state index in [4.69, 9.17) is 0 Å². The number of nitrogens with zero attached hydrogens (tertiary/aromatic N) is 2. The zero-order valence-electron chi connectivity index (χ0n) is 16.0. The molecule has 26 heavy (non-hydrogen) atoms. The van der Waals surface area contributed by atoms with E-state index in [1.807, 2.05) is 25.8 Å². The molecule has 0 radical (unpaired) electrons. The Balaban J connectivity index is 1.95. The fraction of sp³-hybridized carbons (Fsp3) is 0.833. The molecule has 1 saturated heterocycles. The van der Waals surface area contributed by atoms with Gasteiger partial charge in [0.2, 0.25) is 5.91 Å². The second-order valence-corrected chi connectivity index (χ2v) is 8.73. The second-order valence-electron chi connectivity index (χ2n) is 7.66. The van der Waals surface area contributed by atoms with Gasteiger partial charge in [-0.25, -0.2) is 5.43 Å². The van der Waals surface area contributed by atoms with E-state index in [1.165, 1.54) is 6.42 Å². The van der Waals surface area contributed by atoms with E-state index in [1.54, 1.807) is 11.8 Å². The van der Waals surface area contributed by atoms with Crippen LogP contribution in [0.2, 0.25) is 0 Å². The van der Waals surface area contributed by atoms with Crippen LogP contribution >= 0.6 is 11.8 Å². The zero-order chi connectivity index (χ0) is 19.1. The summed E-state index contributed by atoms with van der Waals surface area (Å²) < 4.78 is 0. The van der Waals surface area contributed by atoms with E-state index in [0.29, 0.717) is 6.42 Å². The third-order valence-electron chi connectivity index (χ3n) is 4.92. The van der Waals surface area contributed by atoms with Gasteiger partial charge in [-0.15, -0.1) is 5.10 Å². The summed E-state index contributed by atoms with van der Waals surface area (Å²) in [6, 6.07) is -0.599. The quantitative estimate of drug-likeness (QED) is 0.579. The van der Waals surface area contributed by atoms with Crippen molar-refractivity contribution >= 4 is 28.7 Å². The van der Waals surface area contributed by atoms with Gasteiger partial charge in [0, 0.05) is 25.3 Å². The fourth-order valence-electron chi connectivity index (χ4n) is 3.39. The van der Waals surface area contributed by atoms with Crippen molar-refractivity contribution in [1.82, 2.24) is 15.6 Å². The van der Waals surface area contributed by atoms with Gasteiger partial charge in [0.15, 0.2) is 11.3 Å². The molecule has 0 bridgehead atoms. The summed E-state index contributed by atoms with van der Waals surface area (Å²) in [5.74, 6) is 0.559. The molecule has 0 aromatic rings. The Morgan fingerprint density at radius 1 is 1.31 bits per heavy atom. The Hall–Kier alpha value is -1.28. The Labute approximate surface area is 160 Å². The molecule has 7 nitrogen and oxygen atoms in total. The molecule has 148 valence electrons. The summed E-state index contributed by atoms with van der Waals surface area (Å²) in [6.45, 7) is 4.90. The predicted molar refractivity (Wildman–Crippen MR) is 105 cm³/mol. The molecule has 0 spiro atoms. The van der Waals surface area contributed by atoms with E-state index < -0.39 is 18.1 Å². The Bertz CT molecular complexity index is 521. The Morgan fingerprint density at radius 3 is 2.58 bits per heavy atom. The highest BCUT2D eigenvalue weighted by atomic mass is 32.2. The van der Waals surface area contributed by atoms with Crippen LogP contribution in [0.5, 0.6) is 0 Å². The summed E-state index contributed by atoms with van der Waals surface area (Å²) in [6.07, 6.45) is 4.32. The van der Waals surface area contributed by atoms with Crippen molar-refractivity contribution in [3.05, 3.63) is 0 Å². The third kappa shape index (κ3) is 6.16. The van der Waals surface area contributed by atoms with Gasteiger partial charge in [0.25, 0.3) is 5.91 Å². The average Bonchev–Trinajstić information content (AvgIpc) is 3.03. The number of amides is 2. The highest BCUT2D eigenvalue weighted by molar-refractivity contribution is 8.14. The molecule has 1 saturated carbocycles. The van der Waals surface area contributed by atoms with Gasteiger partial charge < -0.3 is 15.3 Å². The third-order valence-corrected chi connectivity index (χ3v) is 5.97. The maximum Gasteiger partial charge on any atom is 0.271 e. The van der Waals surface area contributed by atoms with Gasteiger partial charge in [0.05, 0.1) is 6.04 Å². The van der Waals surface area contributed by atoms with Gasteiger partial charge in [-0.1, -0.05) is 44.9 Å². The van der Waals surface area contributed by atoms with Crippen molar-refractivity contribution in [3.8, 4) is 0 Å². The van der Waals surface area contributed by atoms with Crippen LogP contribution in [0.1, 0.15) is 52.4 Å². The topological polar surface area (TPSA) is 94.0 Å². The van der Waals surface area contributed by atoms with Gasteiger partial charge >= 0.3 is 0 Å². The molecule has 1 aliphatic heterocycles. The summed E-state index contributed by atoms with van der Waals surface area (Å²) >= 11 is 1.56. The highest BCUT2D eigenvalue weighted by Gasteiger charge is 2.31. The molecule has 2 unspecified atom stereocenters. The maximum absolute atomic E-state index is 12.5. The summed E-state index contributed by atoms with van der Waals surface area (Å²) in [5, 5.41) is 18.2. The standard InChI is InChI=1S/C18H32N4O3S/c1-12(2)11-14(19-16(24)13-7-5-4-6-8-13)15(23)17(25)20-21-18-22(3)9-10-26-18/h12-15,23H,4-11H2,1-3H3,(H,19,24)(H,20,25)/b21-18-. The number of aliphatic hydroxyl groups excluding tert-OH is 1. The number of carbonyl (C=O) groups excluding carboxylic acids is 2. The van der Waals surface area contributed by atoms with Crippen LogP contribution in [0, 0.1) is 11.8 Å². The number of nitrogens with one attached hydrogen (secondary N) is 2. The lowest BCUT2D eigenvalue weighted by molar-refractivity contribution is -0.133. The molecule has 2 amide bonds. The van der Waals surface area contributed by atoms with Crippen molar-refractivity contribution < 1.29 is 14.7 Å². The van der Waals surface area contributed by atoms with E-state index in [9.17, 15) is 14.7 Å². The lowest BCUT2D eigenvalue weighted by Crippen LogP contribution is -2.52. The first-order valence-corrected chi connectivity index (χ1v) is 10.6. The SMILES string of the molecule is CC(C)CC(NC(=O)C1CCCCC1)C(O)C(=O)N/N=C1\SCCN1C. The van der Waals surface area contributed by atoms with E-state index >= 15 is 0 Å². The van der Waals surface area contributed by atoms with Crippen molar-refractivity contribution in [2.45, 2.75) is 64.5 Å². The number of hydrogen-bond donors (Lipinski definition) is 3. The van der Waals surface area contributed by atoms with Gasteiger partial charge in [-0.3, -0.25) is 9.59 Å². The molecule has 8 heteroatoms. The first-order chi connectivity index (χ1) is 12.4. The first kappa shape index (κ1) is 21.0. The number of thioether (sulfide) groups is 1. The molecule has 0 aromatic heterocycles. The zero-order valence-corrected chi connectivity index (χ0v) is 16.8. The van der Waals surface area contributed by atoms with Gasteiger partial charge in [-0.2, -0.15) is 0 Å². The monoisotopic (exact) mass is 384 g/mol. The number of hydrogen-bond acceptors (Lipinski definition) is 5. The van der Waals surface area contributed by atoms with E-state index in [2.05, 4.69) is 15.8 Å². The molecule has 0 aromatic carbocycles. The number of rotatable bonds is 7. The molecule has 2 fully saturated rings. The van der Waals surface area contributed by atoms with Gasteiger partial charge in [-0.05, 0) is 25.2 Å². The molecule has 1 heterocycles. The lowest BCUT2D eigenvalue weighted by Gasteiger charge is -2.28. The van der Waals surface area contributed by atoms with Crippen molar-refractivity contribution in [1.29, 1.82) is 0 Å². The maximum atomic E-state index is 12.5. The Morgan fingerprint density at radius 2 is 2.00 bits per heavy atom. The summed E-state index contributed by atoms with van der Waals surface area (Å²) in [7, 11) is 1.91. The molecule has 2 rings (SSSR count). The summed E-state index contributed by atoms with van der Waals surface area (Å²) in [5.41, 5.74) is 2.45. The minimum absolute atomic E-state index is 0.00236. The first-order valence-electron chi connectivity index (χ1n) is 9.58. The smallest absolute Gasteiger partial charge is 0.271 e. The minimum atomic E-state index is -1.31. The fourth-order valence-corrected chi connectivity index (χ4v) is 4.36. The highest BCUT2D eigenvalue weighted by Crippen LogP contribution is 2.24. The Kier molecular flexibility index (Phi) is 8.21. The molecule has 2 atom stereocenters. The lowest BCUT2D eigenvalue weighted by atomic mass is 9.88. The summed E-state index contributed by atoms with van der Waals surface area (Å²) in [4.78, 5) is 26.8. The van der Waals surface area contributed by atoms with Crippen LogP contribution in [0.15, 0.2) is 5.10 Å². The second kappa shape index (κ2) is 10.2. The van der Waals surface area contributed by atoms with E-state index in [0.717, 1.165) is 43.1 Å². The van der Waals surface area contributed by atoms with Crippen LogP contribution in [-0.2, 0) is 9.59 Å². The molecular weight excluding hydrogens is 352 g/mol. The average molecular weight is 385 g/mol. The van der Waals surface area contributed by atoms with Crippen molar-refractivity contribution in [2.24, 2.45) is 16.9 Å². The van der Waals surface area contributed by atoms with Crippen LogP contribution in [-0.4, -0.2) is 58.5 Å². The van der Waals surface area contributed by atoms with E-state index in [-0.39, 0.29) is 17.7 Å². The van der Waals surface area contributed by atoms with Crippen molar-refractivity contribution in [3.63, 3.8) is 0 Å². The number of amidine groups is 1. The predicted octanol–water partition coefficient (Wildman–Crippen LogP) is 1.52. The molecule has 2 aliphatic rings. The minimum Gasteiger partial charge on any atom is -0.381 e. The van der Waals surface area contributed by atoms with Crippen LogP contribution in [0.3, 0.4) is 0 Å².